The Balaban J connectivity index is 1.59. The quantitative estimate of drug-likeness (QED) is 0.602. The third kappa shape index (κ3) is 3.52. The molecule has 23 heavy (non-hydrogen) atoms. The molecule has 2 aromatic rings. The molecule has 5 nitrogen and oxygen atoms in total. The molecule has 0 amide bonds. The number of hydrogen-bond donors (Lipinski definition) is 0. The minimum absolute atomic E-state index is 0.110. The number of rotatable bonds is 6. The smallest absolute Gasteiger partial charge is 0.312 e. The highest BCUT2D eigenvalue weighted by Gasteiger charge is 2.28. The van der Waals surface area contributed by atoms with E-state index in [0.29, 0.717) is 17.3 Å². The molecule has 6 heteroatoms. The van der Waals surface area contributed by atoms with E-state index in [9.17, 15) is 9.59 Å². The minimum atomic E-state index is -0.417. The number of aromatic nitrogens is 2. The van der Waals surface area contributed by atoms with E-state index in [1.165, 1.54) is 24.2 Å². The molecule has 0 radical (unpaired) electrons. The lowest BCUT2D eigenvalue weighted by Gasteiger charge is -2.07. The summed E-state index contributed by atoms with van der Waals surface area (Å²) >= 11 is 1.49. The molecule has 0 bridgehead atoms. The van der Waals surface area contributed by atoms with Gasteiger partial charge in [0, 0.05) is 28.4 Å². The number of nitrogens with zero attached hydrogens (tertiary/aromatic N) is 2. The average Bonchev–Trinajstić information content (AvgIpc) is 3.17. The molecule has 0 unspecified atom stereocenters. The van der Waals surface area contributed by atoms with Crippen LogP contribution >= 0.6 is 11.3 Å². The van der Waals surface area contributed by atoms with Gasteiger partial charge in [0.15, 0.2) is 6.61 Å². The first-order chi connectivity index (χ1) is 11.0. The van der Waals surface area contributed by atoms with Crippen LogP contribution in [0.3, 0.4) is 0 Å². The van der Waals surface area contributed by atoms with E-state index in [0.717, 1.165) is 16.4 Å². The maximum absolute atomic E-state index is 12.3. The molecule has 3 rings (SSSR count). The Morgan fingerprint density at radius 3 is 2.70 bits per heavy atom. The van der Waals surface area contributed by atoms with Crippen molar-refractivity contribution in [1.82, 2.24) is 9.55 Å². The second-order valence-corrected chi connectivity index (χ2v) is 7.07. The minimum Gasteiger partial charge on any atom is -0.457 e. The van der Waals surface area contributed by atoms with Gasteiger partial charge in [-0.1, -0.05) is 0 Å². The molecule has 0 atom stereocenters. The molecule has 1 fully saturated rings. The first-order valence-corrected chi connectivity index (χ1v) is 8.62. The molecule has 2 aromatic heterocycles. The Morgan fingerprint density at radius 2 is 2.09 bits per heavy atom. The number of hydrogen-bond acceptors (Lipinski definition) is 5. The largest absolute Gasteiger partial charge is 0.457 e. The SMILES string of the molecule is Cc1nc(CC(=O)OCC(=O)c2cc(C)n(C3CC3)c2C)cs1. The summed E-state index contributed by atoms with van der Waals surface area (Å²) in [6.07, 6.45) is 2.46. The van der Waals surface area contributed by atoms with Crippen LogP contribution in [-0.2, 0) is 16.0 Å². The van der Waals surface area contributed by atoms with Crippen LogP contribution in [0, 0.1) is 20.8 Å². The summed E-state index contributed by atoms with van der Waals surface area (Å²) in [4.78, 5) is 28.4. The molecule has 0 N–H and O–H groups in total. The van der Waals surface area contributed by atoms with Crippen LogP contribution in [0.1, 0.15) is 51.3 Å². The van der Waals surface area contributed by atoms with Crippen molar-refractivity contribution in [2.45, 2.75) is 46.1 Å². The van der Waals surface area contributed by atoms with Gasteiger partial charge in [-0.25, -0.2) is 4.98 Å². The van der Waals surface area contributed by atoms with Crippen molar-refractivity contribution in [2.75, 3.05) is 6.61 Å². The van der Waals surface area contributed by atoms with Gasteiger partial charge in [0.2, 0.25) is 5.78 Å². The molecule has 122 valence electrons. The highest BCUT2D eigenvalue weighted by molar-refractivity contribution is 7.09. The summed E-state index contributed by atoms with van der Waals surface area (Å²) in [5.41, 5.74) is 3.42. The van der Waals surface area contributed by atoms with Crippen LogP contribution in [0.25, 0.3) is 0 Å². The Morgan fingerprint density at radius 1 is 1.35 bits per heavy atom. The van der Waals surface area contributed by atoms with Crippen molar-refractivity contribution in [2.24, 2.45) is 0 Å². The van der Waals surface area contributed by atoms with Gasteiger partial charge >= 0.3 is 5.97 Å². The summed E-state index contributed by atoms with van der Waals surface area (Å²) < 4.78 is 7.33. The number of Topliss-reactive ketones (excluding diaryl/α,β-unsaturated/α-hetero) is 1. The number of ether oxygens (including phenoxy) is 1. The van der Waals surface area contributed by atoms with Gasteiger partial charge in [0.25, 0.3) is 0 Å². The lowest BCUT2D eigenvalue weighted by molar-refractivity contribution is -0.141. The third-order valence-electron chi connectivity index (χ3n) is 4.05. The Labute approximate surface area is 139 Å². The second-order valence-electron chi connectivity index (χ2n) is 6.00. The van der Waals surface area contributed by atoms with Crippen molar-refractivity contribution < 1.29 is 14.3 Å². The number of ketones is 1. The van der Waals surface area contributed by atoms with E-state index in [2.05, 4.69) is 9.55 Å². The first kappa shape index (κ1) is 15.9. The number of esters is 1. The Hall–Kier alpha value is -1.95. The number of carbonyl (C=O) groups excluding carboxylic acids is 2. The fourth-order valence-corrected chi connectivity index (χ4v) is 3.48. The molecule has 2 heterocycles. The lowest BCUT2D eigenvalue weighted by atomic mass is 10.1. The van der Waals surface area contributed by atoms with Crippen LogP contribution in [-0.4, -0.2) is 27.9 Å². The van der Waals surface area contributed by atoms with E-state index < -0.39 is 5.97 Å². The van der Waals surface area contributed by atoms with Crippen molar-refractivity contribution in [1.29, 1.82) is 0 Å². The Kier molecular flexibility index (Phi) is 4.35. The van der Waals surface area contributed by atoms with Crippen molar-refractivity contribution in [3.05, 3.63) is 39.1 Å². The van der Waals surface area contributed by atoms with Crippen LogP contribution in [0.5, 0.6) is 0 Å². The van der Waals surface area contributed by atoms with Crippen LogP contribution in [0.2, 0.25) is 0 Å². The van der Waals surface area contributed by atoms with E-state index >= 15 is 0 Å². The van der Waals surface area contributed by atoms with E-state index in [1.807, 2.05) is 32.2 Å². The second kappa shape index (κ2) is 6.28. The maximum Gasteiger partial charge on any atom is 0.312 e. The summed E-state index contributed by atoms with van der Waals surface area (Å²) in [5, 5.41) is 2.75. The third-order valence-corrected chi connectivity index (χ3v) is 4.88. The van der Waals surface area contributed by atoms with Gasteiger partial charge in [-0.3, -0.25) is 9.59 Å². The standard InChI is InChI=1S/C17H20N2O3S/c1-10-6-15(11(2)19(10)14-4-5-14)16(20)8-22-17(21)7-13-9-23-12(3)18-13/h6,9,14H,4-5,7-8H2,1-3H3. The summed E-state index contributed by atoms with van der Waals surface area (Å²) in [5.74, 6) is -0.563. The number of carbonyl (C=O) groups is 2. The van der Waals surface area contributed by atoms with Gasteiger partial charge < -0.3 is 9.30 Å². The molecule has 0 saturated heterocycles. The van der Waals surface area contributed by atoms with Gasteiger partial charge in [-0.05, 0) is 39.7 Å². The predicted octanol–water partition coefficient (Wildman–Crippen LogP) is 3.17. The molecule has 0 spiro atoms. The van der Waals surface area contributed by atoms with Crippen molar-refractivity contribution in [3.63, 3.8) is 0 Å². The van der Waals surface area contributed by atoms with E-state index in [1.54, 1.807) is 0 Å². The fourth-order valence-electron chi connectivity index (χ4n) is 2.87. The van der Waals surface area contributed by atoms with Gasteiger partial charge in [-0.2, -0.15) is 0 Å². The topological polar surface area (TPSA) is 61.2 Å². The predicted molar refractivity (Wildman–Crippen MR) is 88.0 cm³/mol. The molecule has 0 aromatic carbocycles. The molecular weight excluding hydrogens is 312 g/mol. The zero-order valence-electron chi connectivity index (χ0n) is 13.6. The number of thiazole rings is 1. The molecular formula is C17H20N2O3S. The van der Waals surface area contributed by atoms with E-state index in [4.69, 9.17) is 4.74 Å². The monoisotopic (exact) mass is 332 g/mol. The molecule has 1 aliphatic carbocycles. The van der Waals surface area contributed by atoms with Gasteiger partial charge in [0.1, 0.15) is 0 Å². The Bertz CT molecular complexity index is 756. The molecule has 0 aliphatic heterocycles. The number of aryl methyl sites for hydroxylation is 2. The highest BCUT2D eigenvalue weighted by Crippen LogP contribution is 2.38. The van der Waals surface area contributed by atoms with Gasteiger partial charge in [0.05, 0.1) is 17.1 Å². The summed E-state index contributed by atoms with van der Waals surface area (Å²) in [6, 6.07) is 2.43. The van der Waals surface area contributed by atoms with Crippen LogP contribution < -0.4 is 0 Å². The maximum atomic E-state index is 12.3. The average molecular weight is 332 g/mol. The van der Waals surface area contributed by atoms with Crippen molar-refractivity contribution >= 4 is 23.1 Å². The zero-order chi connectivity index (χ0) is 16.6. The lowest BCUT2D eigenvalue weighted by Crippen LogP contribution is -2.16. The summed E-state index contributed by atoms with van der Waals surface area (Å²) in [6.45, 7) is 5.65. The highest BCUT2D eigenvalue weighted by atomic mass is 32.1. The zero-order valence-corrected chi connectivity index (χ0v) is 14.4. The molecule has 1 saturated carbocycles. The fraction of sp³-hybridized carbons (Fsp3) is 0.471. The van der Waals surface area contributed by atoms with Gasteiger partial charge in [-0.15, -0.1) is 11.3 Å². The van der Waals surface area contributed by atoms with E-state index in [-0.39, 0.29) is 18.8 Å². The van der Waals surface area contributed by atoms with Crippen molar-refractivity contribution in [3.8, 4) is 0 Å². The first-order valence-electron chi connectivity index (χ1n) is 7.74. The van der Waals surface area contributed by atoms with Crippen LogP contribution in [0.15, 0.2) is 11.4 Å². The molecule has 1 aliphatic rings. The summed E-state index contributed by atoms with van der Waals surface area (Å²) in [7, 11) is 0. The normalized spacial score (nSPS) is 14.0. The van der Waals surface area contributed by atoms with Crippen LogP contribution in [0.4, 0.5) is 0 Å².